The quantitative estimate of drug-likeness (QED) is 0.305. The first kappa shape index (κ1) is 19.1. The molecule has 142 valence electrons. The van der Waals surface area contributed by atoms with Gasteiger partial charge in [0.1, 0.15) is 0 Å². The fraction of sp³-hybridized carbons (Fsp3) is 0.409. The third-order valence-corrected chi connectivity index (χ3v) is 5.42. The Morgan fingerprint density at radius 3 is 1.96 bits per heavy atom. The monoisotopic (exact) mass is 367 g/mol. The molecule has 0 amide bonds. The van der Waals surface area contributed by atoms with Gasteiger partial charge in [0.05, 0.1) is 10.8 Å². The number of hydrogen-bond acceptors (Lipinski definition) is 4. The van der Waals surface area contributed by atoms with Gasteiger partial charge in [-0.3, -0.25) is 14.9 Å². The average Bonchev–Trinajstić information content (AvgIpc) is 2.72. The second kappa shape index (κ2) is 9.31. The van der Waals surface area contributed by atoms with E-state index in [2.05, 4.69) is 0 Å². The Bertz CT molecular complexity index is 702. The molecule has 2 aromatic rings. The van der Waals surface area contributed by atoms with E-state index in [0.717, 1.165) is 36.8 Å². The fourth-order valence-corrected chi connectivity index (χ4v) is 4.23. The van der Waals surface area contributed by atoms with Crippen LogP contribution >= 0.6 is 0 Å². The number of carbonyl (C=O) groups excluding carboxylic acids is 1. The van der Waals surface area contributed by atoms with Crippen molar-refractivity contribution in [2.24, 2.45) is 11.8 Å². The first-order valence-corrected chi connectivity index (χ1v) is 9.55. The highest BCUT2D eigenvalue weighted by molar-refractivity contribution is 5.75. The molecule has 1 aliphatic carbocycles. The number of esters is 1. The number of rotatable bonds is 7. The van der Waals surface area contributed by atoms with Gasteiger partial charge in [0.25, 0.3) is 0 Å². The minimum Gasteiger partial charge on any atom is -0.400 e. The van der Waals surface area contributed by atoms with Crippen molar-refractivity contribution in [1.29, 1.82) is 0 Å². The van der Waals surface area contributed by atoms with Crippen molar-refractivity contribution in [3.63, 3.8) is 0 Å². The molecule has 0 bridgehead atoms. The molecule has 0 aromatic heterocycles. The summed E-state index contributed by atoms with van der Waals surface area (Å²) >= 11 is 0. The Kier molecular flexibility index (Phi) is 6.58. The lowest BCUT2D eigenvalue weighted by atomic mass is 9.69. The SMILES string of the molecule is O=C(OC[N+](=O)[O-])C(C1CCCCC1)C(c1ccccc1)c1ccccc1. The number of hydrogen-bond donors (Lipinski definition) is 0. The van der Waals surface area contributed by atoms with Crippen LogP contribution in [0.25, 0.3) is 0 Å². The van der Waals surface area contributed by atoms with Crippen molar-refractivity contribution in [3.8, 4) is 0 Å². The maximum atomic E-state index is 13.0. The van der Waals surface area contributed by atoms with Crippen LogP contribution in [0.3, 0.4) is 0 Å². The fourth-order valence-electron chi connectivity index (χ4n) is 4.23. The van der Waals surface area contributed by atoms with Crippen LogP contribution in [0.4, 0.5) is 0 Å². The van der Waals surface area contributed by atoms with Gasteiger partial charge in [-0.2, -0.15) is 0 Å². The Morgan fingerprint density at radius 1 is 0.963 bits per heavy atom. The molecule has 2 aromatic carbocycles. The van der Waals surface area contributed by atoms with Gasteiger partial charge in [0, 0.05) is 5.92 Å². The third kappa shape index (κ3) is 4.94. The van der Waals surface area contributed by atoms with E-state index >= 15 is 0 Å². The van der Waals surface area contributed by atoms with Crippen molar-refractivity contribution >= 4 is 5.97 Å². The van der Waals surface area contributed by atoms with Crippen LogP contribution in [0.15, 0.2) is 60.7 Å². The van der Waals surface area contributed by atoms with E-state index in [-0.39, 0.29) is 11.8 Å². The van der Waals surface area contributed by atoms with E-state index in [0.29, 0.717) is 0 Å². The molecule has 0 heterocycles. The summed E-state index contributed by atoms with van der Waals surface area (Å²) in [5.74, 6) is -0.885. The molecule has 1 atom stereocenters. The van der Waals surface area contributed by atoms with E-state index in [1.807, 2.05) is 60.7 Å². The molecule has 5 heteroatoms. The zero-order chi connectivity index (χ0) is 19.1. The predicted molar refractivity (Wildman–Crippen MR) is 103 cm³/mol. The largest absolute Gasteiger partial charge is 0.400 e. The summed E-state index contributed by atoms with van der Waals surface area (Å²) < 4.78 is 5.10. The smallest absolute Gasteiger partial charge is 0.346 e. The van der Waals surface area contributed by atoms with Crippen LogP contribution in [-0.4, -0.2) is 17.6 Å². The van der Waals surface area contributed by atoms with E-state index < -0.39 is 23.5 Å². The lowest BCUT2D eigenvalue weighted by Gasteiger charge is -2.34. The van der Waals surface area contributed by atoms with Crippen molar-refractivity contribution in [3.05, 3.63) is 81.9 Å². The molecular formula is C22H25NO4. The van der Waals surface area contributed by atoms with Crippen molar-refractivity contribution in [1.82, 2.24) is 0 Å². The molecule has 5 nitrogen and oxygen atoms in total. The molecule has 1 fully saturated rings. The van der Waals surface area contributed by atoms with Crippen LogP contribution in [0.1, 0.15) is 49.1 Å². The standard InChI is InChI=1S/C22H25NO4/c24-22(27-16-23(25)26)21(19-14-8-3-9-15-19)20(17-10-4-1-5-11-17)18-12-6-2-7-13-18/h1-2,4-7,10-13,19-21H,3,8-9,14-16H2. The minimum atomic E-state index is -0.779. The number of benzene rings is 2. The maximum Gasteiger partial charge on any atom is 0.346 e. The first-order chi connectivity index (χ1) is 13.2. The Labute approximate surface area is 159 Å². The molecule has 0 aliphatic heterocycles. The molecule has 1 aliphatic rings. The number of nitro groups is 1. The summed E-state index contributed by atoms with van der Waals surface area (Å²) in [5, 5.41) is 10.7. The molecule has 0 saturated heterocycles. The molecule has 0 radical (unpaired) electrons. The van der Waals surface area contributed by atoms with Gasteiger partial charge in [-0.05, 0) is 29.9 Å². The zero-order valence-electron chi connectivity index (χ0n) is 15.3. The van der Waals surface area contributed by atoms with Gasteiger partial charge in [-0.15, -0.1) is 0 Å². The van der Waals surface area contributed by atoms with Crippen molar-refractivity contribution in [2.45, 2.75) is 38.0 Å². The lowest BCUT2D eigenvalue weighted by molar-refractivity contribution is -0.519. The maximum absolute atomic E-state index is 13.0. The summed E-state index contributed by atoms with van der Waals surface area (Å²) in [6.45, 7) is -0.779. The Balaban J connectivity index is 2.00. The molecule has 3 rings (SSSR count). The normalized spacial score (nSPS) is 16.0. The first-order valence-electron chi connectivity index (χ1n) is 9.55. The van der Waals surface area contributed by atoms with Gasteiger partial charge >= 0.3 is 12.7 Å². The highest BCUT2D eigenvalue weighted by Crippen LogP contribution is 2.42. The Hall–Kier alpha value is -2.69. The second-order valence-electron chi connectivity index (χ2n) is 7.15. The summed E-state index contributed by atoms with van der Waals surface area (Å²) in [5.41, 5.74) is 2.08. The summed E-state index contributed by atoms with van der Waals surface area (Å²) in [6.07, 6.45) is 5.25. The summed E-state index contributed by atoms with van der Waals surface area (Å²) in [4.78, 5) is 23.1. The van der Waals surface area contributed by atoms with Gasteiger partial charge in [-0.1, -0.05) is 79.9 Å². The molecule has 27 heavy (non-hydrogen) atoms. The average molecular weight is 367 g/mol. The third-order valence-electron chi connectivity index (χ3n) is 5.42. The number of nitrogens with zero attached hydrogens (tertiary/aromatic N) is 1. The summed E-state index contributed by atoms with van der Waals surface area (Å²) in [7, 11) is 0. The van der Waals surface area contributed by atoms with Crippen molar-refractivity contribution < 1.29 is 14.5 Å². The number of carbonyl (C=O) groups is 1. The lowest BCUT2D eigenvalue weighted by Crippen LogP contribution is -2.34. The highest BCUT2D eigenvalue weighted by atomic mass is 16.7. The van der Waals surface area contributed by atoms with Crippen LogP contribution in [0.2, 0.25) is 0 Å². The van der Waals surface area contributed by atoms with Crippen LogP contribution < -0.4 is 0 Å². The van der Waals surface area contributed by atoms with Gasteiger partial charge in [0.15, 0.2) is 0 Å². The molecule has 1 saturated carbocycles. The van der Waals surface area contributed by atoms with E-state index in [1.54, 1.807) is 0 Å². The van der Waals surface area contributed by atoms with Gasteiger partial charge in [-0.25, -0.2) is 0 Å². The predicted octanol–water partition coefficient (Wildman–Crippen LogP) is 4.79. The zero-order valence-corrected chi connectivity index (χ0v) is 15.3. The molecule has 1 unspecified atom stereocenters. The minimum absolute atomic E-state index is 0.170. The number of ether oxygens (including phenoxy) is 1. The topological polar surface area (TPSA) is 69.4 Å². The van der Waals surface area contributed by atoms with E-state index in [4.69, 9.17) is 4.74 Å². The van der Waals surface area contributed by atoms with Crippen LogP contribution in [0.5, 0.6) is 0 Å². The molecule has 0 spiro atoms. The Morgan fingerprint density at radius 2 is 1.48 bits per heavy atom. The van der Waals surface area contributed by atoms with E-state index in [9.17, 15) is 14.9 Å². The second-order valence-corrected chi connectivity index (χ2v) is 7.15. The highest BCUT2D eigenvalue weighted by Gasteiger charge is 2.39. The molecular weight excluding hydrogens is 342 g/mol. The van der Waals surface area contributed by atoms with Gasteiger partial charge < -0.3 is 4.74 Å². The van der Waals surface area contributed by atoms with Gasteiger partial charge in [0.2, 0.25) is 0 Å². The summed E-state index contributed by atoms with van der Waals surface area (Å²) in [6, 6.07) is 19.8. The molecule has 0 N–H and O–H groups in total. The van der Waals surface area contributed by atoms with E-state index in [1.165, 1.54) is 6.42 Å². The van der Waals surface area contributed by atoms with Crippen molar-refractivity contribution in [2.75, 3.05) is 6.73 Å². The van der Waals surface area contributed by atoms with Crippen LogP contribution in [0, 0.1) is 22.0 Å². The van der Waals surface area contributed by atoms with Crippen LogP contribution in [-0.2, 0) is 9.53 Å².